The second kappa shape index (κ2) is 7.38. The number of amides is 1. The Balaban J connectivity index is 1.79. The van der Waals surface area contributed by atoms with E-state index < -0.39 is 10.8 Å². The number of nitrogens with zero attached hydrogens (tertiary/aromatic N) is 1. The molecule has 1 amide bonds. The van der Waals surface area contributed by atoms with Gasteiger partial charge in [0, 0.05) is 33.7 Å². The van der Waals surface area contributed by atoms with Gasteiger partial charge in [-0.15, -0.1) is 0 Å². The summed E-state index contributed by atoms with van der Waals surface area (Å²) >= 11 is 5.18. The molecule has 27 heavy (non-hydrogen) atoms. The summed E-state index contributed by atoms with van der Waals surface area (Å²) in [5.74, 6) is -0.420. The number of carbonyl (C=O) groups is 1. The summed E-state index contributed by atoms with van der Waals surface area (Å²) in [6.07, 6.45) is 0. The molecule has 0 aliphatic carbocycles. The smallest absolute Gasteiger partial charge is 0.273 e. The van der Waals surface area contributed by atoms with Gasteiger partial charge in [-0.1, -0.05) is 30.3 Å². The Labute approximate surface area is 159 Å². The number of aryl methyl sites for hydroxylation is 1. The zero-order valence-electron chi connectivity index (χ0n) is 14.2. The standard InChI is InChI=1S/C19H15N3O4S/c1-11-8-9-12(10-16(11)22(25)26)18(24)21-19(27)20-15-6-2-5-14-13(15)4-3-7-17(14)23/h2-10,23H,1H3,(H2,20,21,24,27). The number of aromatic hydroxyl groups is 1. The SMILES string of the molecule is Cc1ccc(C(=O)NC(=S)Nc2cccc3c(O)cccc23)cc1[N+](=O)[O-]. The van der Waals surface area contributed by atoms with Crippen molar-refractivity contribution >= 4 is 45.4 Å². The maximum atomic E-state index is 12.3. The van der Waals surface area contributed by atoms with E-state index in [1.807, 2.05) is 6.07 Å². The molecule has 7 nitrogen and oxygen atoms in total. The van der Waals surface area contributed by atoms with Gasteiger partial charge < -0.3 is 10.4 Å². The monoisotopic (exact) mass is 381 g/mol. The molecule has 0 spiro atoms. The van der Waals surface area contributed by atoms with Crippen molar-refractivity contribution in [2.45, 2.75) is 6.92 Å². The van der Waals surface area contributed by atoms with Crippen molar-refractivity contribution in [2.75, 3.05) is 5.32 Å². The molecule has 3 aromatic rings. The molecule has 0 heterocycles. The van der Waals surface area contributed by atoms with Gasteiger partial charge >= 0.3 is 0 Å². The third-order valence-electron chi connectivity index (χ3n) is 4.04. The van der Waals surface area contributed by atoms with Gasteiger partial charge in [-0.05, 0) is 37.3 Å². The van der Waals surface area contributed by atoms with Crippen molar-refractivity contribution in [1.29, 1.82) is 0 Å². The molecule has 0 aliphatic rings. The number of nitro benzene ring substituents is 1. The molecule has 3 N–H and O–H groups in total. The number of hydrogen-bond acceptors (Lipinski definition) is 5. The summed E-state index contributed by atoms with van der Waals surface area (Å²) in [4.78, 5) is 22.8. The lowest BCUT2D eigenvalue weighted by atomic mass is 10.1. The van der Waals surface area contributed by atoms with Crippen LogP contribution >= 0.6 is 12.2 Å². The second-order valence-corrected chi connectivity index (χ2v) is 6.25. The van der Waals surface area contributed by atoms with Gasteiger partial charge in [-0.3, -0.25) is 20.2 Å². The van der Waals surface area contributed by atoms with Crippen LogP contribution in [0.5, 0.6) is 5.75 Å². The average Bonchev–Trinajstić information content (AvgIpc) is 2.62. The Morgan fingerprint density at radius 3 is 2.56 bits per heavy atom. The van der Waals surface area contributed by atoms with Crippen LogP contribution in [0.15, 0.2) is 54.6 Å². The van der Waals surface area contributed by atoms with E-state index in [1.54, 1.807) is 37.3 Å². The number of nitrogens with one attached hydrogen (secondary N) is 2. The van der Waals surface area contributed by atoms with Gasteiger partial charge in [0.25, 0.3) is 11.6 Å². The number of hydrogen-bond donors (Lipinski definition) is 3. The fourth-order valence-electron chi connectivity index (χ4n) is 2.68. The van der Waals surface area contributed by atoms with E-state index in [0.29, 0.717) is 16.6 Å². The minimum atomic E-state index is -0.557. The van der Waals surface area contributed by atoms with Crippen molar-refractivity contribution in [3.05, 3.63) is 75.8 Å². The fraction of sp³-hybridized carbons (Fsp3) is 0.0526. The lowest BCUT2D eigenvalue weighted by Gasteiger charge is -2.12. The summed E-state index contributed by atoms with van der Waals surface area (Å²) in [5.41, 5.74) is 1.08. The van der Waals surface area contributed by atoms with Crippen LogP contribution in [0.3, 0.4) is 0 Å². The minimum Gasteiger partial charge on any atom is -0.507 e. The summed E-state index contributed by atoms with van der Waals surface area (Å²) < 4.78 is 0. The lowest BCUT2D eigenvalue weighted by Crippen LogP contribution is -2.34. The molecule has 0 saturated heterocycles. The molecule has 8 heteroatoms. The van der Waals surface area contributed by atoms with Gasteiger partial charge in [-0.2, -0.15) is 0 Å². The van der Waals surface area contributed by atoms with Crippen LogP contribution in [0.25, 0.3) is 10.8 Å². The van der Waals surface area contributed by atoms with Gasteiger partial charge in [-0.25, -0.2) is 0 Å². The predicted octanol–water partition coefficient (Wildman–Crippen LogP) is 3.89. The maximum absolute atomic E-state index is 12.3. The summed E-state index contributed by atoms with van der Waals surface area (Å²) in [6.45, 7) is 1.60. The van der Waals surface area contributed by atoms with Gasteiger partial charge in [0.05, 0.1) is 4.92 Å². The molecule has 0 bridgehead atoms. The van der Waals surface area contributed by atoms with E-state index in [2.05, 4.69) is 10.6 Å². The molecule has 136 valence electrons. The lowest BCUT2D eigenvalue weighted by molar-refractivity contribution is -0.385. The first-order chi connectivity index (χ1) is 12.9. The van der Waals surface area contributed by atoms with Crippen molar-refractivity contribution in [1.82, 2.24) is 5.32 Å². The Morgan fingerprint density at radius 1 is 1.11 bits per heavy atom. The van der Waals surface area contributed by atoms with Crippen LogP contribution < -0.4 is 10.6 Å². The van der Waals surface area contributed by atoms with Gasteiger partial charge in [0.2, 0.25) is 0 Å². The number of phenolic OH excluding ortho intramolecular Hbond substituents is 1. The van der Waals surface area contributed by atoms with Gasteiger partial charge in [0.1, 0.15) is 5.75 Å². The molecule has 0 fully saturated rings. The normalized spacial score (nSPS) is 10.4. The quantitative estimate of drug-likeness (QED) is 0.361. The number of rotatable bonds is 3. The molecule has 0 aromatic heterocycles. The highest BCUT2D eigenvalue weighted by molar-refractivity contribution is 7.80. The van der Waals surface area contributed by atoms with E-state index >= 15 is 0 Å². The van der Waals surface area contributed by atoms with Crippen LogP contribution in [-0.2, 0) is 0 Å². The molecular formula is C19H15N3O4S. The first-order valence-electron chi connectivity index (χ1n) is 7.95. The highest BCUT2D eigenvalue weighted by Gasteiger charge is 2.16. The largest absolute Gasteiger partial charge is 0.507 e. The van der Waals surface area contributed by atoms with E-state index in [-0.39, 0.29) is 22.1 Å². The van der Waals surface area contributed by atoms with E-state index in [0.717, 1.165) is 5.39 Å². The number of nitro groups is 1. The number of fused-ring (bicyclic) bond motifs is 1. The Hall–Kier alpha value is -3.52. The van der Waals surface area contributed by atoms with E-state index in [1.165, 1.54) is 18.2 Å². The van der Waals surface area contributed by atoms with E-state index in [9.17, 15) is 20.0 Å². The maximum Gasteiger partial charge on any atom is 0.273 e. The summed E-state index contributed by atoms with van der Waals surface area (Å²) in [7, 11) is 0. The van der Waals surface area contributed by atoms with Crippen LogP contribution in [0.1, 0.15) is 15.9 Å². The van der Waals surface area contributed by atoms with Crippen LogP contribution in [0.2, 0.25) is 0 Å². The van der Waals surface area contributed by atoms with Gasteiger partial charge in [0.15, 0.2) is 5.11 Å². The molecule has 3 aromatic carbocycles. The number of benzene rings is 3. The van der Waals surface area contributed by atoms with Crippen molar-refractivity contribution in [2.24, 2.45) is 0 Å². The molecular weight excluding hydrogens is 366 g/mol. The molecule has 3 rings (SSSR count). The van der Waals surface area contributed by atoms with Crippen LogP contribution in [0, 0.1) is 17.0 Å². The van der Waals surface area contributed by atoms with Crippen molar-refractivity contribution in [3.8, 4) is 5.75 Å². The zero-order valence-corrected chi connectivity index (χ0v) is 15.0. The number of anilines is 1. The topological polar surface area (TPSA) is 104 Å². The third-order valence-corrected chi connectivity index (χ3v) is 4.25. The van der Waals surface area contributed by atoms with Crippen LogP contribution in [0.4, 0.5) is 11.4 Å². The first kappa shape index (κ1) is 18.3. The Morgan fingerprint density at radius 2 is 1.81 bits per heavy atom. The first-order valence-corrected chi connectivity index (χ1v) is 8.35. The second-order valence-electron chi connectivity index (χ2n) is 5.84. The number of thiocarbonyl (C=S) groups is 1. The average molecular weight is 381 g/mol. The van der Waals surface area contributed by atoms with Crippen molar-refractivity contribution in [3.63, 3.8) is 0 Å². The highest BCUT2D eigenvalue weighted by Crippen LogP contribution is 2.29. The van der Waals surface area contributed by atoms with E-state index in [4.69, 9.17) is 12.2 Å². The molecule has 0 aliphatic heterocycles. The van der Waals surface area contributed by atoms with Crippen LogP contribution in [-0.4, -0.2) is 21.0 Å². The molecule has 0 unspecified atom stereocenters. The molecule has 0 saturated carbocycles. The fourth-order valence-corrected chi connectivity index (χ4v) is 2.88. The summed E-state index contributed by atoms with van der Waals surface area (Å²) in [6, 6.07) is 14.6. The summed E-state index contributed by atoms with van der Waals surface area (Å²) in [5, 5.41) is 27.8. The Kier molecular flexibility index (Phi) is 5.00. The Bertz CT molecular complexity index is 1080. The minimum absolute atomic E-state index is 0.0408. The third kappa shape index (κ3) is 3.85. The zero-order chi connectivity index (χ0) is 19.6. The number of phenols is 1. The van der Waals surface area contributed by atoms with Crippen molar-refractivity contribution < 1.29 is 14.8 Å². The molecule has 0 radical (unpaired) electrons. The predicted molar refractivity (Wildman–Crippen MR) is 107 cm³/mol. The highest BCUT2D eigenvalue weighted by atomic mass is 32.1. The molecule has 0 atom stereocenters. The number of carbonyl (C=O) groups excluding carboxylic acids is 1.